The van der Waals surface area contributed by atoms with E-state index in [0.717, 1.165) is 0 Å². The molecule has 0 radical (unpaired) electrons. The molecule has 0 spiro atoms. The zero-order valence-corrected chi connectivity index (χ0v) is 12.0. The summed E-state index contributed by atoms with van der Waals surface area (Å²) < 4.78 is 0. The molecular weight excluding hydrogens is 244 g/mol. The van der Waals surface area contributed by atoms with E-state index in [1.165, 1.54) is 0 Å². The average Bonchev–Trinajstić information content (AvgIpc) is 2.39. The second-order valence-corrected chi connectivity index (χ2v) is 5.51. The first kappa shape index (κ1) is 17.6. The molecule has 0 aliphatic rings. The topological polar surface area (TPSA) is 77.8 Å². The Bertz CT molecular complexity index is 371. The van der Waals surface area contributed by atoms with Crippen molar-refractivity contribution in [3.63, 3.8) is 0 Å². The van der Waals surface area contributed by atoms with E-state index in [-0.39, 0.29) is 17.9 Å². The first-order valence-electron chi connectivity index (χ1n) is 6.29. The Hall–Kier alpha value is -1.39. The van der Waals surface area contributed by atoms with Crippen molar-refractivity contribution >= 4 is 5.97 Å². The van der Waals surface area contributed by atoms with Crippen LogP contribution in [0.5, 0.6) is 0 Å². The number of carbonyl (C=O) groups is 1. The number of aromatic carboxylic acids is 1. The minimum absolute atomic E-state index is 0.0341. The molecule has 19 heavy (non-hydrogen) atoms. The first-order valence-corrected chi connectivity index (χ1v) is 6.29. The van der Waals surface area contributed by atoms with E-state index < -0.39 is 12.1 Å². The fourth-order valence-electron chi connectivity index (χ4n) is 1.58. The highest BCUT2D eigenvalue weighted by atomic mass is 16.4. The van der Waals surface area contributed by atoms with Gasteiger partial charge in [-0.2, -0.15) is 0 Å². The maximum absolute atomic E-state index is 10.2. The van der Waals surface area contributed by atoms with Gasteiger partial charge in [0.2, 0.25) is 0 Å². The largest absolute Gasteiger partial charge is 0.478 e. The molecule has 0 aromatic heterocycles. The Balaban J connectivity index is 0.000000342. The molecule has 0 saturated carbocycles. The van der Waals surface area contributed by atoms with Gasteiger partial charge < -0.3 is 15.3 Å². The van der Waals surface area contributed by atoms with Crippen LogP contribution in [-0.2, 0) is 0 Å². The van der Waals surface area contributed by atoms with Crippen LogP contribution in [0, 0.1) is 11.3 Å². The number of carboxylic acids is 1. The molecule has 3 N–H and O–H groups in total. The molecular formula is C15H24O4. The van der Waals surface area contributed by atoms with Crippen LogP contribution in [0.1, 0.15) is 38.1 Å². The van der Waals surface area contributed by atoms with Gasteiger partial charge in [-0.3, -0.25) is 0 Å². The van der Waals surface area contributed by atoms with E-state index >= 15 is 0 Å². The van der Waals surface area contributed by atoms with Crippen molar-refractivity contribution in [3.8, 4) is 0 Å². The molecule has 0 saturated heterocycles. The molecule has 0 aliphatic carbocycles. The highest BCUT2D eigenvalue weighted by molar-refractivity contribution is 5.87. The summed E-state index contributed by atoms with van der Waals surface area (Å²) in [5.74, 6) is -0.669. The maximum atomic E-state index is 10.2. The van der Waals surface area contributed by atoms with Crippen LogP contribution in [0.2, 0.25) is 0 Å². The monoisotopic (exact) mass is 268 g/mol. The molecule has 1 aromatic rings. The van der Waals surface area contributed by atoms with Crippen LogP contribution in [0.25, 0.3) is 0 Å². The van der Waals surface area contributed by atoms with Crippen molar-refractivity contribution in [1.29, 1.82) is 0 Å². The lowest BCUT2D eigenvalue weighted by Gasteiger charge is -2.30. The summed E-state index contributed by atoms with van der Waals surface area (Å²) in [5.41, 5.74) is -0.0359. The van der Waals surface area contributed by atoms with E-state index in [2.05, 4.69) is 0 Å². The summed E-state index contributed by atoms with van der Waals surface area (Å²) in [6, 6.07) is 8.30. The van der Waals surface area contributed by atoms with E-state index in [0.29, 0.717) is 5.56 Å². The van der Waals surface area contributed by atoms with Crippen molar-refractivity contribution in [2.45, 2.75) is 33.8 Å². The molecule has 0 fully saturated rings. The summed E-state index contributed by atoms with van der Waals surface area (Å²) in [7, 11) is 0. The second-order valence-electron chi connectivity index (χ2n) is 5.51. The van der Waals surface area contributed by atoms with Gasteiger partial charge >= 0.3 is 5.97 Å². The number of aliphatic hydroxyl groups excluding tert-OH is 2. The Morgan fingerprint density at radius 2 is 1.68 bits per heavy atom. The number of rotatable bonds is 4. The molecule has 1 atom stereocenters. The van der Waals surface area contributed by atoms with Crippen molar-refractivity contribution in [3.05, 3.63) is 35.9 Å². The van der Waals surface area contributed by atoms with Gasteiger partial charge in [-0.05, 0) is 18.1 Å². The van der Waals surface area contributed by atoms with Gasteiger partial charge in [0.05, 0.1) is 18.3 Å². The SMILES string of the molecule is CC(C)C(O)C(C)(C)CO.O=C(O)c1ccccc1. The predicted octanol–water partition coefficient (Wildman–Crippen LogP) is 2.41. The van der Waals surface area contributed by atoms with Gasteiger partial charge in [0.15, 0.2) is 0 Å². The van der Waals surface area contributed by atoms with Crippen LogP contribution >= 0.6 is 0 Å². The summed E-state index contributed by atoms with van der Waals surface area (Å²) in [6.07, 6.45) is -0.419. The van der Waals surface area contributed by atoms with Crippen molar-refractivity contribution < 1.29 is 20.1 Å². The molecule has 0 bridgehead atoms. The van der Waals surface area contributed by atoms with E-state index in [1.54, 1.807) is 30.3 Å². The molecule has 1 rings (SSSR count). The fraction of sp³-hybridized carbons (Fsp3) is 0.533. The standard InChI is InChI=1S/C8H18O2.C7H6O2/c1-6(2)7(10)8(3,4)5-9;8-7(9)6-4-2-1-3-5-6/h6-7,9-10H,5H2,1-4H3;1-5H,(H,8,9). The minimum atomic E-state index is -0.879. The van der Waals surface area contributed by atoms with Crippen LogP contribution in [0.15, 0.2) is 30.3 Å². The van der Waals surface area contributed by atoms with Gasteiger partial charge in [0.25, 0.3) is 0 Å². The van der Waals surface area contributed by atoms with Gasteiger partial charge in [-0.15, -0.1) is 0 Å². The molecule has 1 aromatic carbocycles. The highest BCUT2D eigenvalue weighted by Gasteiger charge is 2.28. The van der Waals surface area contributed by atoms with E-state index in [9.17, 15) is 9.90 Å². The van der Waals surface area contributed by atoms with Crippen molar-refractivity contribution in [2.24, 2.45) is 11.3 Å². The summed E-state index contributed by atoms with van der Waals surface area (Å²) >= 11 is 0. The van der Waals surface area contributed by atoms with Crippen molar-refractivity contribution in [2.75, 3.05) is 6.61 Å². The minimum Gasteiger partial charge on any atom is -0.478 e. The molecule has 0 aliphatic heterocycles. The first-order chi connectivity index (χ1) is 8.72. The fourth-order valence-corrected chi connectivity index (χ4v) is 1.58. The predicted molar refractivity (Wildman–Crippen MR) is 75.1 cm³/mol. The summed E-state index contributed by atoms with van der Waals surface area (Å²) in [5, 5.41) is 26.7. The number of carboxylic acid groups (broad SMARTS) is 1. The number of hydrogen-bond acceptors (Lipinski definition) is 3. The van der Waals surface area contributed by atoms with Gasteiger partial charge in [0.1, 0.15) is 0 Å². The molecule has 4 nitrogen and oxygen atoms in total. The van der Waals surface area contributed by atoms with E-state index in [1.807, 2.05) is 27.7 Å². The van der Waals surface area contributed by atoms with Crippen LogP contribution < -0.4 is 0 Å². The molecule has 1 unspecified atom stereocenters. The molecule has 0 amide bonds. The lowest BCUT2D eigenvalue weighted by Crippen LogP contribution is -2.36. The highest BCUT2D eigenvalue weighted by Crippen LogP contribution is 2.24. The molecule has 0 heterocycles. The molecule has 4 heteroatoms. The second kappa shape index (κ2) is 7.92. The summed E-state index contributed by atoms with van der Waals surface area (Å²) in [4.78, 5) is 10.2. The number of hydrogen-bond donors (Lipinski definition) is 3. The quantitative estimate of drug-likeness (QED) is 0.783. The van der Waals surface area contributed by atoms with Crippen LogP contribution in [0.3, 0.4) is 0 Å². The lowest BCUT2D eigenvalue weighted by atomic mass is 9.82. The van der Waals surface area contributed by atoms with Gasteiger partial charge in [0, 0.05) is 5.41 Å². The number of benzene rings is 1. The van der Waals surface area contributed by atoms with Crippen LogP contribution in [0.4, 0.5) is 0 Å². The third-order valence-corrected chi connectivity index (χ3v) is 2.86. The molecule has 108 valence electrons. The van der Waals surface area contributed by atoms with Crippen LogP contribution in [-0.4, -0.2) is 34.0 Å². The van der Waals surface area contributed by atoms with Gasteiger partial charge in [-0.1, -0.05) is 45.9 Å². The average molecular weight is 268 g/mol. The summed E-state index contributed by atoms with van der Waals surface area (Å²) in [6.45, 7) is 7.64. The Morgan fingerprint density at radius 1 is 1.21 bits per heavy atom. The lowest BCUT2D eigenvalue weighted by molar-refractivity contribution is -0.0204. The Labute approximate surface area is 114 Å². The Kier molecular flexibility index (Phi) is 7.34. The zero-order chi connectivity index (χ0) is 15.1. The Morgan fingerprint density at radius 3 is 1.89 bits per heavy atom. The van der Waals surface area contributed by atoms with Crippen molar-refractivity contribution in [1.82, 2.24) is 0 Å². The third kappa shape index (κ3) is 6.36. The number of aliphatic hydroxyl groups is 2. The normalized spacial score (nSPS) is 12.6. The third-order valence-electron chi connectivity index (χ3n) is 2.86. The maximum Gasteiger partial charge on any atom is 0.335 e. The van der Waals surface area contributed by atoms with Gasteiger partial charge in [-0.25, -0.2) is 4.79 Å². The van der Waals surface area contributed by atoms with E-state index in [4.69, 9.17) is 10.2 Å². The smallest absolute Gasteiger partial charge is 0.335 e. The zero-order valence-electron chi connectivity index (χ0n) is 12.0.